The lowest BCUT2D eigenvalue weighted by Crippen LogP contribution is -2.06. The quantitative estimate of drug-likeness (QED) is 0.401. The van der Waals surface area contributed by atoms with Crippen molar-refractivity contribution in [3.05, 3.63) is 47.7 Å². The van der Waals surface area contributed by atoms with Gasteiger partial charge in [-0.1, -0.05) is 5.16 Å². The Morgan fingerprint density at radius 1 is 1.21 bits per heavy atom. The minimum Gasteiger partial charge on any atom is -0.493 e. The summed E-state index contributed by atoms with van der Waals surface area (Å²) in [5, 5.41) is 14.5. The van der Waals surface area contributed by atoms with E-state index in [9.17, 15) is 9.90 Å². The van der Waals surface area contributed by atoms with Gasteiger partial charge in [0.05, 0.1) is 19.6 Å². The molecule has 0 bridgehead atoms. The number of rotatable bonds is 7. The summed E-state index contributed by atoms with van der Waals surface area (Å²) in [6, 6.07) is 11.5. The molecule has 1 aliphatic rings. The first-order valence-corrected chi connectivity index (χ1v) is 11.0. The van der Waals surface area contributed by atoms with E-state index in [4.69, 9.17) is 14.0 Å². The van der Waals surface area contributed by atoms with Gasteiger partial charge in [-0.15, -0.1) is 0 Å². The van der Waals surface area contributed by atoms with E-state index in [1.54, 1.807) is 7.11 Å². The molecule has 1 atom stereocenters. The molecule has 2 aromatic carbocycles. The van der Waals surface area contributed by atoms with Crippen LogP contribution in [0.25, 0.3) is 33.7 Å². The second-order valence-electron chi connectivity index (χ2n) is 8.57. The van der Waals surface area contributed by atoms with Crippen LogP contribution in [0.4, 0.5) is 0 Å². The number of carbonyl (C=O) groups is 1. The maximum absolute atomic E-state index is 11.2. The van der Waals surface area contributed by atoms with Crippen LogP contribution in [0.3, 0.4) is 0 Å². The van der Waals surface area contributed by atoms with Gasteiger partial charge in [-0.25, -0.2) is 0 Å². The fraction of sp³-hybridized carbons (Fsp3) is 0.320. The van der Waals surface area contributed by atoms with Gasteiger partial charge in [0.1, 0.15) is 0 Å². The number of aromatic nitrogens is 3. The number of methoxy groups -OCH3 is 1. The van der Waals surface area contributed by atoms with Crippen LogP contribution in [0.2, 0.25) is 0 Å². The van der Waals surface area contributed by atoms with Gasteiger partial charge < -0.3 is 24.1 Å². The van der Waals surface area contributed by atoms with E-state index in [1.165, 1.54) is 5.56 Å². The van der Waals surface area contributed by atoms with Gasteiger partial charge in [0.2, 0.25) is 5.82 Å². The predicted molar refractivity (Wildman–Crippen MR) is 123 cm³/mol. The number of fused-ring (bicyclic) bond motifs is 3. The molecule has 2 N–H and O–H groups in total. The summed E-state index contributed by atoms with van der Waals surface area (Å²) in [5.41, 5.74) is 4.80. The molecule has 0 fully saturated rings. The van der Waals surface area contributed by atoms with Crippen molar-refractivity contribution >= 4 is 16.9 Å². The molecule has 0 radical (unpaired) electrons. The number of nitrogens with zero attached hydrogens (tertiary/aromatic N) is 2. The molecule has 1 aliphatic carbocycles. The van der Waals surface area contributed by atoms with E-state index in [0.29, 0.717) is 23.2 Å². The maximum atomic E-state index is 11.2. The topological polar surface area (TPSA) is 110 Å². The summed E-state index contributed by atoms with van der Waals surface area (Å²) < 4.78 is 16.8. The Morgan fingerprint density at radius 2 is 2.03 bits per heavy atom. The Labute approximate surface area is 190 Å². The minimum atomic E-state index is -0.771. The van der Waals surface area contributed by atoms with Gasteiger partial charge in [0, 0.05) is 33.6 Å². The molecule has 0 saturated heterocycles. The number of aliphatic carboxylic acids is 1. The molecule has 4 aromatic rings. The Bertz CT molecular complexity index is 1340. The molecule has 8 heteroatoms. The highest BCUT2D eigenvalue weighted by Gasteiger charge is 2.28. The molecule has 0 amide bonds. The standard InChI is InChI=1S/C25H25N3O5/c1-13(2)32-20-9-6-16(11-21(20)31-3)25-27-24(28-33-25)15-5-8-19-18(10-15)17-7-4-14(12-22(29)30)23(17)26-19/h5-6,8-11,13-14,26H,4,7,12H2,1-3H3,(H,29,30). The smallest absolute Gasteiger partial charge is 0.304 e. The zero-order valence-electron chi connectivity index (χ0n) is 18.7. The van der Waals surface area contributed by atoms with Crippen LogP contribution in [0.5, 0.6) is 11.5 Å². The molecule has 170 valence electrons. The van der Waals surface area contributed by atoms with Crippen molar-refractivity contribution in [1.29, 1.82) is 0 Å². The number of H-pyrrole nitrogens is 1. The predicted octanol–water partition coefficient (Wildman–Crippen LogP) is 5.19. The molecule has 5 rings (SSSR count). The van der Waals surface area contributed by atoms with Crippen molar-refractivity contribution in [1.82, 2.24) is 15.1 Å². The van der Waals surface area contributed by atoms with E-state index in [-0.39, 0.29) is 18.4 Å². The molecule has 2 heterocycles. The van der Waals surface area contributed by atoms with Crippen molar-refractivity contribution in [3.63, 3.8) is 0 Å². The molecule has 0 aliphatic heterocycles. The van der Waals surface area contributed by atoms with Gasteiger partial charge in [0.15, 0.2) is 11.5 Å². The van der Waals surface area contributed by atoms with Crippen LogP contribution in [-0.2, 0) is 11.2 Å². The van der Waals surface area contributed by atoms with Crippen molar-refractivity contribution < 1.29 is 23.9 Å². The van der Waals surface area contributed by atoms with Crippen LogP contribution >= 0.6 is 0 Å². The number of benzene rings is 2. The molecule has 8 nitrogen and oxygen atoms in total. The maximum Gasteiger partial charge on any atom is 0.304 e. The lowest BCUT2D eigenvalue weighted by atomic mass is 10.0. The van der Waals surface area contributed by atoms with Crippen molar-refractivity contribution in [2.75, 3.05) is 7.11 Å². The summed E-state index contributed by atoms with van der Waals surface area (Å²) in [6.07, 6.45) is 1.88. The van der Waals surface area contributed by atoms with E-state index in [2.05, 4.69) is 15.1 Å². The molecule has 1 unspecified atom stereocenters. The Hall–Kier alpha value is -3.81. The number of nitrogens with one attached hydrogen (secondary N) is 1. The van der Waals surface area contributed by atoms with Crippen LogP contribution < -0.4 is 9.47 Å². The Kier molecular flexibility index (Phi) is 5.28. The summed E-state index contributed by atoms with van der Waals surface area (Å²) in [5.74, 6) is 1.39. The third kappa shape index (κ3) is 3.92. The van der Waals surface area contributed by atoms with Crippen molar-refractivity contribution in [2.24, 2.45) is 0 Å². The molecule has 0 spiro atoms. The highest BCUT2D eigenvalue weighted by molar-refractivity contribution is 5.89. The van der Waals surface area contributed by atoms with Crippen molar-refractivity contribution in [3.8, 4) is 34.3 Å². The largest absolute Gasteiger partial charge is 0.493 e. The average molecular weight is 447 g/mol. The lowest BCUT2D eigenvalue weighted by Gasteiger charge is -2.13. The molecular formula is C25H25N3O5. The van der Waals surface area contributed by atoms with Gasteiger partial charge in [-0.05, 0) is 68.7 Å². The number of ether oxygens (including phenoxy) is 2. The fourth-order valence-electron chi connectivity index (χ4n) is 4.51. The van der Waals surface area contributed by atoms with Gasteiger partial charge in [0.25, 0.3) is 5.89 Å². The van der Waals surface area contributed by atoms with Crippen LogP contribution in [0, 0.1) is 0 Å². The average Bonchev–Trinajstić information content (AvgIpc) is 3.49. The fourth-order valence-corrected chi connectivity index (χ4v) is 4.51. The highest BCUT2D eigenvalue weighted by Crippen LogP contribution is 2.40. The third-order valence-corrected chi connectivity index (χ3v) is 5.97. The Balaban J connectivity index is 1.45. The van der Waals surface area contributed by atoms with Gasteiger partial charge >= 0.3 is 5.97 Å². The van der Waals surface area contributed by atoms with Crippen LogP contribution in [0.1, 0.15) is 43.9 Å². The van der Waals surface area contributed by atoms with Gasteiger partial charge in [-0.2, -0.15) is 4.98 Å². The van der Waals surface area contributed by atoms with E-state index in [1.807, 2.05) is 50.2 Å². The Morgan fingerprint density at radius 3 is 2.79 bits per heavy atom. The number of aryl methyl sites for hydroxylation is 1. The first-order chi connectivity index (χ1) is 15.9. The second-order valence-corrected chi connectivity index (χ2v) is 8.57. The zero-order chi connectivity index (χ0) is 23.1. The summed E-state index contributed by atoms with van der Waals surface area (Å²) in [6.45, 7) is 3.92. The van der Waals surface area contributed by atoms with Gasteiger partial charge in [-0.3, -0.25) is 4.79 Å². The zero-order valence-corrected chi connectivity index (χ0v) is 18.7. The molecule has 33 heavy (non-hydrogen) atoms. The molecule has 0 saturated carbocycles. The number of carboxylic acids is 1. The third-order valence-electron chi connectivity index (χ3n) is 5.97. The number of hydrogen-bond acceptors (Lipinski definition) is 6. The van der Waals surface area contributed by atoms with E-state index >= 15 is 0 Å². The molecular weight excluding hydrogens is 422 g/mol. The minimum absolute atomic E-state index is 0.0303. The molecule has 2 aromatic heterocycles. The lowest BCUT2D eigenvalue weighted by molar-refractivity contribution is -0.137. The monoisotopic (exact) mass is 447 g/mol. The summed E-state index contributed by atoms with van der Waals surface area (Å²) in [4.78, 5) is 19.2. The second kappa shape index (κ2) is 8.27. The summed E-state index contributed by atoms with van der Waals surface area (Å²) in [7, 11) is 1.59. The summed E-state index contributed by atoms with van der Waals surface area (Å²) >= 11 is 0. The normalized spacial score (nSPS) is 15.2. The van der Waals surface area contributed by atoms with Crippen molar-refractivity contribution in [2.45, 2.75) is 45.1 Å². The first kappa shape index (κ1) is 21.1. The van der Waals surface area contributed by atoms with Crippen LogP contribution in [-0.4, -0.2) is 39.4 Å². The first-order valence-electron chi connectivity index (χ1n) is 11.0. The number of aromatic amines is 1. The SMILES string of the molecule is COc1cc(-c2nc(-c3ccc4[nH]c5c(c4c3)CCC5CC(=O)O)no2)ccc1OC(C)C. The van der Waals surface area contributed by atoms with Crippen LogP contribution in [0.15, 0.2) is 40.9 Å². The number of hydrogen-bond donors (Lipinski definition) is 2. The number of carboxylic acid groups (broad SMARTS) is 1. The highest BCUT2D eigenvalue weighted by atomic mass is 16.5. The van der Waals surface area contributed by atoms with E-state index < -0.39 is 5.97 Å². The van der Waals surface area contributed by atoms with E-state index in [0.717, 1.165) is 40.6 Å².